The van der Waals surface area contributed by atoms with E-state index in [0.29, 0.717) is 0 Å². The summed E-state index contributed by atoms with van der Waals surface area (Å²) in [7, 11) is 0. The van der Waals surface area contributed by atoms with Crippen LogP contribution in [0.25, 0.3) is 0 Å². The SMILES string of the molecule is CC(CCc1ccc[nH]1)CC(=O)O.Oc1cc[nH]c1. The van der Waals surface area contributed by atoms with Crippen molar-refractivity contribution in [2.45, 2.75) is 26.2 Å². The van der Waals surface area contributed by atoms with Crippen molar-refractivity contribution in [2.24, 2.45) is 5.92 Å². The number of hydrogen-bond donors (Lipinski definition) is 4. The third-order valence-electron chi connectivity index (χ3n) is 2.67. The Kier molecular flexibility index (Phi) is 6.29. The molecule has 104 valence electrons. The predicted octanol–water partition coefficient (Wildman–Crippen LogP) is 2.78. The molecule has 2 aromatic heterocycles. The fourth-order valence-electron chi connectivity index (χ4n) is 1.64. The first-order chi connectivity index (χ1) is 9.08. The molecule has 0 fully saturated rings. The van der Waals surface area contributed by atoms with Crippen molar-refractivity contribution in [1.82, 2.24) is 9.97 Å². The van der Waals surface area contributed by atoms with Crippen LogP contribution in [0.1, 0.15) is 25.5 Å². The Balaban J connectivity index is 0.000000250. The standard InChI is InChI=1S/C10H15NO2.C4H5NO/c1-8(7-10(12)13)4-5-9-3-2-6-11-9;6-4-1-2-5-3-4/h2-3,6,8,11H,4-5,7H2,1H3,(H,12,13);1-3,5-6H. The third-order valence-corrected chi connectivity index (χ3v) is 2.67. The van der Waals surface area contributed by atoms with Crippen LogP contribution in [0.3, 0.4) is 0 Å². The number of aryl methyl sites for hydroxylation is 1. The van der Waals surface area contributed by atoms with Crippen molar-refractivity contribution >= 4 is 5.97 Å². The predicted molar refractivity (Wildman–Crippen MR) is 73.0 cm³/mol. The molecule has 0 aliphatic carbocycles. The highest BCUT2D eigenvalue weighted by molar-refractivity contribution is 5.66. The smallest absolute Gasteiger partial charge is 0.303 e. The van der Waals surface area contributed by atoms with Crippen LogP contribution in [0.5, 0.6) is 5.75 Å². The van der Waals surface area contributed by atoms with Crippen molar-refractivity contribution in [1.29, 1.82) is 0 Å². The summed E-state index contributed by atoms with van der Waals surface area (Å²) in [4.78, 5) is 16.1. The van der Waals surface area contributed by atoms with Gasteiger partial charge in [-0.05, 0) is 37.0 Å². The highest BCUT2D eigenvalue weighted by Crippen LogP contribution is 2.11. The minimum atomic E-state index is -0.709. The first-order valence-electron chi connectivity index (χ1n) is 6.23. The molecule has 2 heterocycles. The maximum absolute atomic E-state index is 10.4. The van der Waals surface area contributed by atoms with Gasteiger partial charge in [-0.15, -0.1) is 0 Å². The summed E-state index contributed by atoms with van der Waals surface area (Å²) in [5, 5.41) is 17.0. The van der Waals surface area contributed by atoms with E-state index < -0.39 is 5.97 Å². The first kappa shape index (κ1) is 14.9. The molecule has 5 nitrogen and oxygen atoms in total. The molecular formula is C14H20N2O3. The van der Waals surface area contributed by atoms with Gasteiger partial charge in [0.1, 0.15) is 5.75 Å². The van der Waals surface area contributed by atoms with E-state index in [9.17, 15) is 4.79 Å². The molecular weight excluding hydrogens is 244 g/mol. The summed E-state index contributed by atoms with van der Waals surface area (Å²) in [5.74, 6) is -0.171. The van der Waals surface area contributed by atoms with Crippen LogP contribution in [0, 0.1) is 5.92 Å². The lowest BCUT2D eigenvalue weighted by molar-refractivity contribution is -0.138. The van der Waals surface area contributed by atoms with Crippen LogP contribution >= 0.6 is 0 Å². The summed E-state index contributed by atoms with van der Waals surface area (Å²) >= 11 is 0. The first-order valence-corrected chi connectivity index (χ1v) is 6.23. The maximum atomic E-state index is 10.4. The topological polar surface area (TPSA) is 89.1 Å². The molecule has 0 spiro atoms. The van der Waals surface area contributed by atoms with E-state index in [2.05, 4.69) is 9.97 Å². The highest BCUT2D eigenvalue weighted by atomic mass is 16.4. The number of carboxylic acid groups (broad SMARTS) is 1. The number of H-pyrrole nitrogens is 2. The Morgan fingerprint density at radius 1 is 1.37 bits per heavy atom. The monoisotopic (exact) mass is 264 g/mol. The van der Waals surface area contributed by atoms with Crippen LogP contribution in [0.15, 0.2) is 36.8 Å². The van der Waals surface area contributed by atoms with Gasteiger partial charge in [0, 0.05) is 30.7 Å². The molecule has 0 bridgehead atoms. The average molecular weight is 264 g/mol. The summed E-state index contributed by atoms with van der Waals surface area (Å²) < 4.78 is 0. The van der Waals surface area contributed by atoms with E-state index in [-0.39, 0.29) is 18.1 Å². The molecule has 1 atom stereocenters. The zero-order valence-corrected chi connectivity index (χ0v) is 11.0. The van der Waals surface area contributed by atoms with Crippen LogP contribution in [-0.2, 0) is 11.2 Å². The maximum Gasteiger partial charge on any atom is 0.303 e. The van der Waals surface area contributed by atoms with Gasteiger partial charge in [0.05, 0.1) is 0 Å². The Bertz CT molecular complexity index is 449. The number of nitrogens with one attached hydrogen (secondary N) is 2. The molecule has 0 aromatic carbocycles. The van der Waals surface area contributed by atoms with Gasteiger partial charge >= 0.3 is 5.97 Å². The molecule has 1 unspecified atom stereocenters. The number of aromatic nitrogens is 2. The van der Waals surface area contributed by atoms with Gasteiger partial charge < -0.3 is 20.2 Å². The Morgan fingerprint density at radius 2 is 2.16 bits per heavy atom. The summed E-state index contributed by atoms with van der Waals surface area (Å²) in [6.45, 7) is 1.97. The Labute approximate surface area is 112 Å². The van der Waals surface area contributed by atoms with Crippen molar-refractivity contribution in [3.63, 3.8) is 0 Å². The summed E-state index contributed by atoms with van der Waals surface area (Å²) in [6.07, 6.45) is 7.18. The molecule has 4 N–H and O–H groups in total. The van der Waals surface area contributed by atoms with Crippen LogP contribution < -0.4 is 0 Å². The van der Waals surface area contributed by atoms with Gasteiger partial charge in [-0.1, -0.05) is 6.92 Å². The van der Waals surface area contributed by atoms with Gasteiger partial charge in [0.15, 0.2) is 0 Å². The van der Waals surface area contributed by atoms with E-state index in [1.165, 1.54) is 11.9 Å². The van der Waals surface area contributed by atoms with Crippen molar-refractivity contribution in [3.8, 4) is 5.75 Å². The number of hydrogen-bond acceptors (Lipinski definition) is 2. The van der Waals surface area contributed by atoms with Gasteiger partial charge in [0.25, 0.3) is 0 Å². The van der Waals surface area contributed by atoms with Gasteiger partial charge in [0.2, 0.25) is 0 Å². The normalized spacial score (nSPS) is 11.4. The molecule has 5 heteroatoms. The lowest BCUT2D eigenvalue weighted by atomic mass is 10.0. The quantitative estimate of drug-likeness (QED) is 0.669. The minimum absolute atomic E-state index is 0.251. The van der Waals surface area contributed by atoms with Gasteiger partial charge in [-0.3, -0.25) is 4.79 Å². The molecule has 0 radical (unpaired) electrons. The molecule has 0 saturated carbocycles. The van der Waals surface area contributed by atoms with Crippen molar-refractivity contribution < 1.29 is 15.0 Å². The second-order valence-electron chi connectivity index (χ2n) is 4.51. The third kappa shape index (κ3) is 6.98. The molecule has 0 aliphatic rings. The fourth-order valence-corrected chi connectivity index (χ4v) is 1.64. The number of carboxylic acids is 1. The van der Waals surface area contributed by atoms with Gasteiger partial charge in [-0.2, -0.15) is 0 Å². The number of rotatable bonds is 5. The van der Waals surface area contributed by atoms with Crippen LogP contribution in [-0.4, -0.2) is 26.2 Å². The van der Waals surface area contributed by atoms with E-state index >= 15 is 0 Å². The Hall–Kier alpha value is -2.17. The molecule has 2 aromatic rings. The number of aliphatic carboxylic acids is 1. The molecule has 2 rings (SSSR count). The Morgan fingerprint density at radius 3 is 2.58 bits per heavy atom. The second-order valence-corrected chi connectivity index (χ2v) is 4.51. The molecule has 0 saturated heterocycles. The minimum Gasteiger partial charge on any atom is -0.506 e. The van der Waals surface area contributed by atoms with Crippen LogP contribution in [0.4, 0.5) is 0 Å². The van der Waals surface area contributed by atoms with E-state index in [1.54, 1.807) is 12.3 Å². The van der Waals surface area contributed by atoms with E-state index in [0.717, 1.165) is 12.8 Å². The lowest BCUT2D eigenvalue weighted by Gasteiger charge is -2.06. The van der Waals surface area contributed by atoms with Crippen molar-refractivity contribution in [3.05, 3.63) is 42.5 Å². The average Bonchev–Trinajstić information content (AvgIpc) is 2.99. The molecule has 19 heavy (non-hydrogen) atoms. The van der Waals surface area contributed by atoms with Gasteiger partial charge in [-0.25, -0.2) is 0 Å². The lowest BCUT2D eigenvalue weighted by Crippen LogP contribution is -2.05. The number of aromatic hydroxyl groups is 1. The molecule has 0 amide bonds. The fraction of sp³-hybridized carbons (Fsp3) is 0.357. The zero-order valence-electron chi connectivity index (χ0n) is 11.0. The largest absolute Gasteiger partial charge is 0.506 e. The summed E-state index contributed by atoms with van der Waals surface area (Å²) in [6, 6.07) is 5.56. The number of carbonyl (C=O) groups is 1. The molecule has 0 aliphatic heterocycles. The highest BCUT2D eigenvalue weighted by Gasteiger charge is 2.07. The number of aromatic amines is 2. The van der Waals surface area contributed by atoms with Crippen molar-refractivity contribution in [2.75, 3.05) is 0 Å². The van der Waals surface area contributed by atoms with Crippen LogP contribution in [0.2, 0.25) is 0 Å². The summed E-state index contributed by atoms with van der Waals surface area (Å²) in [5.41, 5.74) is 1.18. The van der Waals surface area contributed by atoms with E-state index in [1.807, 2.05) is 25.3 Å². The van der Waals surface area contributed by atoms with E-state index in [4.69, 9.17) is 10.2 Å². The zero-order chi connectivity index (χ0) is 14.1. The second kappa shape index (κ2) is 8.02.